The van der Waals surface area contributed by atoms with E-state index < -0.39 is 0 Å². The second kappa shape index (κ2) is 6.18. The Kier molecular flexibility index (Phi) is 9.02. The third-order valence-electron chi connectivity index (χ3n) is 0.724. The lowest BCUT2D eigenvalue weighted by atomic mass is 10.4. The molecule has 0 spiro atoms. The minimum absolute atomic E-state index is 0. The maximum atomic E-state index is 11.3. The fraction of sp³-hybridized carbons (Fsp3) is 1.00. The molecule has 0 heterocycles. The Labute approximate surface area is 49.7 Å². The molecule has 0 aliphatic heterocycles. The Bertz CT molecular complexity index is 30.9. The summed E-state index contributed by atoms with van der Waals surface area (Å²) in [5.41, 5.74) is 0. The van der Waals surface area contributed by atoms with Crippen molar-refractivity contribution in [3.63, 3.8) is 0 Å². The summed E-state index contributed by atoms with van der Waals surface area (Å²) >= 11 is 0. The number of halogens is 2. The first-order valence-electron chi connectivity index (χ1n) is 2.04. The van der Waals surface area contributed by atoms with Gasteiger partial charge in [-0.05, 0) is 14.0 Å². The minimum atomic E-state index is -0.281. The largest absolute Gasteiger partial charge is 0.315 e. The van der Waals surface area contributed by atoms with Crippen molar-refractivity contribution in [1.82, 2.24) is 5.32 Å². The van der Waals surface area contributed by atoms with E-state index in [1.165, 1.54) is 0 Å². The highest BCUT2D eigenvalue weighted by atomic mass is 35.5. The Morgan fingerprint density at radius 2 is 2.14 bits per heavy atom. The van der Waals surface area contributed by atoms with Crippen molar-refractivity contribution in [3.05, 3.63) is 0 Å². The summed E-state index contributed by atoms with van der Waals surface area (Å²) in [5, 5.41) is 2.74. The van der Waals surface area contributed by atoms with E-state index in [1.807, 2.05) is 0 Å². The van der Waals surface area contributed by atoms with Crippen LogP contribution in [0.15, 0.2) is 0 Å². The summed E-state index contributed by atoms with van der Waals surface area (Å²) in [6, 6.07) is 0.0185. The molecule has 7 heavy (non-hydrogen) atoms. The van der Waals surface area contributed by atoms with E-state index in [4.69, 9.17) is 0 Å². The zero-order valence-corrected chi connectivity index (χ0v) is 5.39. The Hall–Kier alpha value is 0.180. The van der Waals surface area contributed by atoms with Crippen molar-refractivity contribution in [2.75, 3.05) is 13.7 Å². The third kappa shape index (κ3) is 6.18. The molecule has 3 heteroatoms. The number of alkyl halides is 1. The van der Waals surface area contributed by atoms with Gasteiger partial charge in [-0.25, -0.2) is 4.39 Å². The van der Waals surface area contributed by atoms with E-state index >= 15 is 0 Å². The molecular weight excluding hydrogens is 117 g/mol. The molecule has 0 saturated carbocycles. The molecule has 0 aliphatic carbocycles. The van der Waals surface area contributed by atoms with Crippen LogP contribution in [-0.4, -0.2) is 19.8 Å². The molecule has 0 aliphatic rings. The molecule has 46 valence electrons. The van der Waals surface area contributed by atoms with Gasteiger partial charge in [0.05, 0.1) is 0 Å². The van der Waals surface area contributed by atoms with E-state index in [0.29, 0.717) is 0 Å². The Morgan fingerprint density at radius 3 is 2.14 bits per heavy atom. The molecule has 1 atom stereocenters. The standard InChI is InChI=1S/C4H10FN.ClH/c1-4(3-5)6-2;/h4,6H,3H2,1-2H3;1H. The van der Waals surface area contributed by atoms with Gasteiger partial charge < -0.3 is 5.32 Å². The van der Waals surface area contributed by atoms with Crippen LogP contribution in [0.5, 0.6) is 0 Å². The van der Waals surface area contributed by atoms with Gasteiger partial charge >= 0.3 is 0 Å². The summed E-state index contributed by atoms with van der Waals surface area (Å²) in [6.45, 7) is 1.51. The van der Waals surface area contributed by atoms with E-state index in [1.54, 1.807) is 14.0 Å². The van der Waals surface area contributed by atoms with Gasteiger partial charge in [0.2, 0.25) is 0 Å². The second-order valence-corrected chi connectivity index (χ2v) is 1.34. The second-order valence-electron chi connectivity index (χ2n) is 1.34. The Balaban J connectivity index is 0. The summed E-state index contributed by atoms with van der Waals surface area (Å²) in [5.74, 6) is 0. The predicted octanol–water partition coefficient (Wildman–Crippen LogP) is 0.986. The molecule has 1 unspecified atom stereocenters. The number of hydrogen-bond donors (Lipinski definition) is 1. The summed E-state index contributed by atoms with van der Waals surface area (Å²) < 4.78 is 11.3. The molecule has 0 aromatic rings. The van der Waals surface area contributed by atoms with Crippen LogP contribution in [-0.2, 0) is 0 Å². The van der Waals surface area contributed by atoms with Crippen molar-refractivity contribution in [2.45, 2.75) is 13.0 Å². The lowest BCUT2D eigenvalue weighted by Crippen LogP contribution is -2.22. The van der Waals surface area contributed by atoms with Gasteiger partial charge in [-0.2, -0.15) is 0 Å². The number of nitrogens with one attached hydrogen (secondary N) is 1. The molecule has 0 aromatic carbocycles. The molecule has 0 amide bonds. The molecule has 0 aromatic heterocycles. The van der Waals surface area contributed by atoms with Crippen molar-refractivity contribution in [2.24, 2.45) is 0 Å². The van der Waals surface area contributed by atoms with E-state index in [-0.39, 0.29) is 25.1 Å². The van der Waals surface area contributed by atoms with Crippen molar-refractivity contribution >= 4 is 12.4 Å². The highest BCUT2D eigenvalue weighted by Gasteiger charge is 1.90. The average molecular weight is 128 g/mol. The summed E-state index contributed by atoms with van der Waals surface area (Å²) in [7, 11) is 1.74. The Morgan fingerprint density at radius 1 is 1.71 bits per heavy atom. The van der Waals surface area contributed by atoms with Crippen LogP contribution >= 0.6 is 12.4 Å². The van der Waals surface area contributed by atoms with Crippen LogP contribution in [0.2, 0.25) is 0 Å². The van der Waals surface area contributed by atoms with Gasteiger partial charge in [-0.15, -0.1) is 12.4 Å². The van der Waals surface area contributed by atoms with Crippen LogP contribution in [0.25, 0.3) is 0 Å². The van der Waals surface area contributed by atoms with Crippen LogP contribution < -0.4 is 5.32 Å². The lowest BCUT2D eigenvalue weighted by molar-refractivity contribution is 0.410. The summed E-state index contributed by atoms with van der Waals surface area (Å²) in [4.78, 5) is 0. The molecule has 1 N–H and O–H groups in total. The SMILES string of the molecule is CNC(C)CF.Cl. The van der Waals surface area contributed by atoms with Gasteiger partial charge in [0, 0.05) is 6.04 Å². The minimum Gasteiger partial charge on any atom is -0.315 e. The quantitative estimate of drug-likeness (QED) is 0.583. The molecule has 0 radical (unpaired) electrons. The first kappa shape index (κ1) is 10.2. The van der Waals surface area contributed by atoms with Gasteiger partial charge in [-0.3, -0.25) is 0 Å². The molecule has 0 saturated heterocycles. The first-order valence-corrected chi connectivity index (χ1v) is 2.04. The van der Waals surface area contributed by atoms with Crippen LogP contribution in [0.1, 0.15) is 6.92 Å². The first-order chi connectivity index (χ1) is 2.81. The van der Waals surface area contributed by atoms with Crippen molar-refractivity contribution < 1.29 is 4.39 Å². The van der Waals surface area contributed by atoms with Gasteiger partial charge in [-0.1, -0.05) is 0 Å². The van der Waals surface area contributed by atoms with E-state index in [0.717, 1.165) is 0 Å². The molecule has 1 nitrogen and oxygen atoms in total. The van der Waals surface area contributed by atoms with E-state index in [2.05, 4.69) is 5.32 Å². The zero-order valence-electron chi connectivity index (χ0n) is 4.57. The normalized spacial score (nSPS) is 12.4. The smallest absolute Gasteiger partial charge is 0.104 e. The van der Waals surface area contributed by atoms with Gasteiger partial charge in [0.25, 0.3) is 0 Å². The van der Waals surface area contributed by atoms with Crippen LogP contribution in [0.4, 0.5) is 4.39 Å². The molecule has 0 rings (SSSR count). The van der Waals surface area contributed by atoms with E-state index in [9.17, 15) is 4.39 Å². The fourth-order valence-corrected chi connectivity index (χ4v) is 0.0772. The maximum Gasteiger partial charge on any atom is 0.104 e. The fourth-order valence-electron chi connectivity index (χ4n) is 0.0772. The van der Waals surface area contributed by atoms with Crippen molar-refractivity contribution in [3.8, 4) is 0 Å². The van der Waals surface area contributed by atoms with Crippen LogP contribution in [0.3, 0.4) is 0 Å². The molecule has 0 bridgehead atoms. The zero-order chi connectivity index (χ0) is 4.99. The highest BCUT2D eigenvalue weighted by molar-refractivity contribution is 5.85. The highest BCUT2D eigenvalue weighted by Crippen LogP contribution is 1.76. The van der Waals surface area contributed by atoms with Crippen LogP contribution in [0, 0.1) is 0 Å². The number of rotatable bonds is 2. The maximum absolute atomic E-state index is 11.3. The molecule has 0 fully saturated rings. The number of hydrogen-bond acceptors (Lipinski definition) is 1. The predicted molar refractivity (Wildman–Crippen MR) is 31.7 cm³/mol. The van der Waals surface area contributed by atoms with Gasteiger partial charge in [0.1, 0.15) is 6.67 Å². The third-order valence-corrected chi connectivity index (χ3v) is 0.724. The summed E-state index contributed by atoms with van der Waals surface area (Å²) in [6.07, 6.45) is 0. The molecular formula is C4H11ClFN. The van der Waals surface area contributed by atoms with Gasteiger partial charge in [0.15, 0.2) is 0 Å². The lowest BCUT2D eigenvalue weighted by Gasteiger charge is -1.99. The average Bonchev–Trinajstić information content (AvgIpc) is 1.65. The van der Waals surface area contributed by atoms with Crippen molar-refractivity contribution in [1.29, 1.82) is 0 Å². The monoisotopic (exact) mass is 127 g/mol. The topological polar surface area (TPSA) is 12.0 Å².